The van der Waals surface area contributed by atoms with Gasteiger partial charge in [-0.05, 0) is 42.4 Å². The Balaban J connectivity index is 2.01. The van der Waals surface area contributed by atoms with Crippen LogP contribution >= 0.6 is 11.8 Å². The van der Waals surface area contributed by atoms with E-state index in [0.717, 1.165) is 24.3 Å². The summed E-state index contributed by atoms with van der Waals surface area (Å²) in [7, 11) is -3.53. The molecule has 0 atom stereocenters. The van der Waals surface area contributed by atoms with Crippen LogP contribution in [0.3, 0.4) is 0 Å². The van der Waals surface area contributed by atoms with Gasteiger partial charge in [-0.3, -0.25) is 0 Å². The van der Waals surface area contributed by atoms with Crippen LogP contribution in [0.4, 0.5) is 5.82 Å². The third-order valence-electron chi connectivity index (χ3n) is 2.99. The summed E-state index contributed by atoms with van der Waals surface area (Å²) in [5, 5.41) is 0. The number of nitrogen functional groups attached to an aromatic ring is 1. The monoisotopic (exact) mass is 287 g/mol. The van der Waals surface area contributed by atoms with Gasteiger partial charge in [0.05, 0.1) is 0 Å². The third kappa shape index (κ3) is 3.37. The molecular weight excluding hydrogens is 270 g/mol. The van der Waals surface area contributed by atoms with Gasteiger partial charge in [-0.2, -0.15) is 11.8 Å². The highest BCUT2D eigenvalue weighted by molar-refractivity contribution is 7.99. The zero-order valence-electron chi connectivity index (χ0n) is 10.0. The van der Waals surface area contributed by atoms with E-state index in [0.29, 0.717) is 12.5 Å². The molecule has 5 nitrogen and oxygen atoms in total. The number of pyridine rings is 1. The van der Waals surface area contributed by atoms with Gasteiger partial charge in [0.2, 0.25) is 10.0 Å². The van der Waals surface area contributed by atoms with Crippen LogP contribution in [0.5, 0.6) is 0 Å². The topological polar surface area (TPSA) is 85.1 Å². The number of nitrogens with zero attached hydrogens (tertiary/aromatic N) is 1. The summed E-state index contributed by atoms with van der Waals surface area (Å²) < 4.78 is 26.7. The van der Waals surface area contributed by atoms with Crippen molar-refractivity contribution in [3.05, 3.63) is 18.3 Å². The minimum Gasteiger partial charge on any atom is -0.383 e. The van der Waals surface area contributed by atoms with Crippen LogP contribution in [0.15, 0.2) is 23.2 Å². The summed E-state index contributed by atoms with van der Waals surface area (Å²) in [6.07, 6.45) is 3.61. The molecule has 0 spiro atoms. The molecule has 1 aliphatic heterocycles. The van der Waals surface area contributed by atoms with Crippen LogP contribution in [-0.4, -0.2) is 31.5 Å². The summed E-state index contributed by atoms with van der Waals surface area (Å²) in [6, 6.07) is 3.05. The molecule has 1 aromatic rings. The normalized spacial score (nSPS) is 17.8. The van der Waals surface area contributed by atoms with Crippen molar-refractivity contribution in [2.24, 2.45) is 5.92 Å². The molecule has 0 aromatic carbocycles. The first-order valence-corrected chi connectivity index (χ1v) is 8.51. The standard InChI is InChI=1S/C11H17N3O2S2/c12-11-10(2-1-5-13-11)18(15,16)14-8-9-3-6-17-7-4-9/h1-2,5,9,14H,3-4,6-8H2,(H2,12,13). The molecule has 18 heavy (non-hydrogen) atoms. The lowest BCUT2D eigenvalue weighted by Crippen LogP contribution is -2.31. The van der Waals surface area contributed by atoms with Crippen molar-refractivity contribution < 1.29 is 8.42 Å². The van der Waals surface area contributed by atoms with Crippen molar-refractivity contribution in [1.82, 2.24) is 9.71 Å². The highest BCUT2D eigenvalue weighted by Crippen LogP contribution is 2.22. The lowest BCUT2D eigenvalue weighted by atomic mass is 10.0. The Morgan fingerprint density at radius 3 is 2.83 bits per heavy atom. The molecule has 1 saturated heterocycles. The van der Waals surface area contributed by atoms with E-state index in [2.05, 4.69) is 9.71 Å². The second-order valence-corrected chi connectivity index (χ2v) is 7.25. The van der Waals surface area contributed by atoms with Crippen molar-refractivity contribution in [3.63, 3.8) is 0 Å². The number of nitrogens with one attached hydrogen (secondary N) is 1. The zero-order chi connectivity index (χ0) is 13.0. The van der Waals surface area contributed by atoms with Gasteiger partial charge >= 0.3 is 0 Å². The minimum atomic E-state index is -3.53. The summed E-state index contributed by atoms with van der Waals surface area (Å²) in [4.78, 5) is 3.86. The second-order valence-electron chi connectivity index (χ2n) is 4.29. The first-order chi connectivity index (χ1) is 8.59. The Hall–Kier alpha value is -0.790. The Morgan fingerprint density at radius 1 is 1.44 bits per heavy atom. The fourth-order valence-corrected chi connectivity index (χ4v) is 4.29. The molecule has 2 heterocycles. The van der Waals surface area contributed by atoms with Gasteiger partial charge in [-0.25, -0.2) is 18.1 Å². The maximum Gasteiger partial charge on any atom is 0.244 e. The Bertz CT molecular complexity index is 499. The fraction of sp³-hybridized carbons (Fsp3) is 0.545. The number of hydrogen-bond donors (Lipinski definition) is 2. The molecule has 3 N–H and O–H groups in total. The molecular formula is C11H17N3O2S2. The molecule has 0 aliphatic carbocycles. The van der Waals surface area contributed by atoms with Crippen LogP contribution < -0.4 is 10.5 Å². The molecule has 2 rings (SSSR count). The Labute approximate surface area is 112 Å². The SMILES string of the molecule is Nc1ncccc1S(=O)(=O)NCC1CCSCC1. The van der Waals surface area contributed by atoms with Crippen molar-refractivity contribution in [2.75, 3.05) is 23.8 Å². The second kappa shape index (κ2) is 5.90. The summed E-state index contributed by atoms with van der Waals surface area (Å²) >= 11 is 1.92. The van der Waals surface area contributed by atoms with Gasteiger partial charge in [-0.15, -0.1) is 0 Å². The van der Waals surface area contributed by atoms with Crippen LogP contribution in [0.25, 0.3) is 0 Å². The van der Waals surface area contributed by atoms with Crippen molar-refractivity contribution >= 4 is 27.6 Å². The van der Waals surface area contributed by atoms with Gasteiger partial charge in [0, 0.05) is 12.7 Å². The quantitative estimate of drug-likeness (QED) is 0.865. The zero-order valence-corrected chi connectivity index (χ0v) is 11.6. The predicted octanol–water partition coefficient (Wildman–Crippen LogP) is 1.09. The van der Waals surface area contributed by atoms with Crippen LogP contribution in [0, 0.1) is 5.92 Å². The minimum absolute atomic E-state index is 0.0456. The molecule has 0 amide bonds. The smallest absolute Gasteiger partial charge is 0.244 e. The molecule has 1 aliphatic rings. The van der Waals surface area contributed by atoms with Gasteiger partial charge in [-0.1, -0.05) is 0 Å². The lowest BCUT2D eigenvalue weighted by molar-refractivity contribution is 0.476. The molecule has 100 valence electrons. The Kier molecular flexibility index (Phi) is 4.47. The molecule has 0 saturated carbocycles. The van der Waals surface area contributed by atoms with Gasteiger partial charge in [0.25, 0.3) is 0 Å². The van der Waals surface area contributed by atoms with Crippen LogP contribution in [-0.2, 0) is 10.0 Å². The number of sulfonamides is 1. The van der Waals surface area contributed by atoms with Crippen molar-refractivity contribution in [1.29, 1.82) is 0 Å². The summed E-state index contributed by atoms with van der Waals surface area (Å²) in [6.45, 7) is 0.483. The van der Waals surface area contributed by atoms with E-state index in [1.165, 1.54) is 12.3 Å². The molecule has 0 bridgehead atoms. The number of thioether (sulfide) groups is 1. The maximum absolute atomic E-state index is 12.1. The van der Waals surface area contributed by atoms with E-state index in [4.69, 9.17) is 5.73 Å². The molecule has 0 unspecified atom stereocenters. The summed E-state index contributed by atoms with van der Waals surface area (Å²) in [5.41, 5.74) is 5.58. The molecule has 1 fully saturated rings. The number of aromatic nitrogens is 1. The first kappa shape index (κ1) is 13.6. The highest BCUT2D eigenvalue weighted by atomic mass is 32.2. The third-order valence-corrected chi connectivity index (χ3v) is 5.51. The van der Waals surface area contributed by atoms with E-state index in [9.17, 15) is 8.42 Å². The highest BCUT2D eigenvalue weighted by Gasteiger charge is 2.20. The number of rotatable bonds is 4. The van der Waals surface area contributed by atoms with E-state index in [1.54, 1.807) is 6.07 Å². The number of anilines is 1. The maximum atomic E-state index is 12.1. The number of nitrogens with two attached hydrogens (primary N) is 1. The Morgan fingerprint density at radius 2 is 2.17 bits per heavy atom. The average Bonchev–Trinajstić information content (AvgIpc) is 2.38. The molecule has 0 radical (unpaired) electrons. The largest absolute Gasteiger partial charge is 0.383 e. The predicted molar refractivity (Wildman–Crippen MR) is 73.9 cm³/mol. The van der Waals surface area contributed by atoms with E-state index >= 15 is 0 Å². The van der Waals surface area contributed by atoms with E-state index in [-0.39, 0.29) is 10.7 Å². The lowest BCUT2D eigenvalue weighted by Gasteiger charge is -2.21. The van der Waals surface area contributed by atoms with Gasteiger partial charge < -0.3 is 5.73 Å². The fourth-order valence-electron chi connectivity index (χ4n) is 1.89. The summed E-state index contributed by atoms with van der Waals surface area (Å²) in [5.74, 6) is 2.70. The van der Waals surface area contributed by atoms with Crippen molar-refractivity contribution in [2.45, 2.75) is 17.7 Å². The van der Waals surface area contributed by atoms with Gasteiger partial charge in [0.15, 0.2) is 0 Å². The van der Waals surface area contributed by atoms with E-state index < -0.39 is 10.0 Å². The number of hydrogen-bond acceptors (Lipinski definition) is 5. The van der Waals surface area contributed by atoms with Crippen LogP contribution in [0.1, 0.15) is 12.8 Å². The van der Waals surface area contributed by atoms with Gasteiger partial charge in [0.1, 0.15) is 10.7 Å². The molecule has 7 heteroatoms. The molecule has 1 aromatic heterocycles. The van der Waals surface area contributed by atoms with Crippen LogP contribution in [0.2, 0.25) is 0 Å². The first-order valence-electron chi connectivity index (χ1n) is 5.87. The van der Waals surface area contributed by atoms with E-state index in [1.807, 2.05) is 11.8 Å². The average molecular weight is 287 g/mol. The van der Waals surface area contributed by atoms with Crippen molar-refractivity contribution in [3.8, 4) is 0 Å².